The molecule has 1 N–H and O–H groups in total. The molecule has 0 aromatic heterocycles. The van der Waals surface area contributed by atoms with Crippen molar-refractivity contribution in [3.8, 4) is 5.75 Å². The van der Waals surface area contributed by atoms with E-state index in [9.17, 15) is 14.4 Å². The second-order valence-electron chi connectivity index (χ2n) is 5.72. The van der Waals surface area contributed by atoms with Crippen LogP contribution in [0.25, 0.3) is 6.08 Å². The zero-order chi connectivity index (χ0) is 18.8. The first kappa shape index (κ1) is 18.1. The molecule has 26 heavy (non-hydrogen) atoms. The van der Waals surface area contributed by atoms with Gasteiger partial charge in [0.15, 0.2) is 0 Å². The lowest BCUT2D eigenvalue weighted by Gasteiger charge is -2.26. The summed E-state index contributed by atoms with van der Waals surface area (Å²) in [5.74, 6) is -0.777. The second kappa shape index (κ2) is 7.28. The molecule has 2 aromatic carbocycles. The number of hydrogen-bond donors (Lipinski definition) is 1. The topological polar surface area (TPSA) is 75.7 Å². The van der Waals surface area contributed by atoms with Gasteiger partial charge in [0, 0.05) is 3.57 Å². The van der Waals surface area contributed by atoms with Crippen LogP contribution in [0.3, 0.4) is 0 Å². The molecule has 1 heterocycles. The number of hydrogen-bond acceptors (Lipinski definition) is 4. The minimum absolute atomic E-state index is 0.116. The van der Waals surface area contributed by atoms with Gasteiger partial charge in [-0.3, -0.25) is 14.9 Å². The van der Waals surface area contributed by atoms with Gasteiger partial charge >= 0.3 is 6.03 Å². The Bertz CT molecular complexity index is 935. The fraction of sp³-hybridized carbons (Fsp3) is 0.105. The van der Waals surface area contributed by atoms with E-state index < -0.39 is 17.8 Å². The second-order valence-corrected chi connectivity index (χ2v) is 6.96. The Kier molecular flexibility index (Phi) is 5.08. The molecule has 4 amide bonds. The third kappa shape index (κ3) is 3.62. The number of methoxy groups -OCH3 is 1. The van der Waals surface area contributed by atoms with E-state index in [1.165, 1.54) is 6.08 Å². The minimum Gasteiger partial charge on any atom is -0.497 e. The molecule has 0 bridgehead atoms. The number of carbonyl (C=O) groups excluding carboxylic acids is 3. The number of carbonyl (C=O) groups is 3. The Hall–Kier alpha value is -2.68. The molecule has 7 heteroatoms. The zero-order valence-electron chi connectivity index (χ0n) is 14.1. The van der Waals surface area contributed by atoms with Crippen molar-refractivity contribution in [3.05, 3.63) is 62.7 Å². The quantitative estimate of drug-likeness (QED) is 0.432. The molecule has 2 aromatic rings. The number of nitrogens with zero attached hydrogens (tertiary/aromatic N) is 1. The summed E-state index contributed by atoms with van der Waals surface area (Å²) < 4.78 is 6.11. The fourth-order valence-corrected chi connectivity index (χ4v) is 3.20. The number of halogens is 1. The standard InChI is InChI=1S/C19H15IN2O4/c1-11-3-5-14(6-4-11)22-18(24)16(17(23)21-19(22)25)9-12-7-13(20)10-15(8-12)26-2/h3-10H,1-2H3,(H,21,23,25)/b16-9+. The number of rotatable bonds is 3. The van der Waals surface area contributed by atoms with Crippen molar-refractivity contribution in [2.45, 2.75) is 6.92 Å². The highest BCUT2D eigenvalue weighted by Gasteiger charge is 2.36. The zero-order valence-corrected chi connectivity index (χ0v) is 16.2. The smallest absolute Gasteiger partial charge is 0.335 e. The first-order valence-electron chi connectivity index (χ1n) is 7.72. The molecule has 0 aliphatic carbocycles. The van der Waals surface area contributed by atoms with Gasteiger partial charge in [0.1, 0.15) is 11.3 Å². The van der Waals surface area contributed by atoms with Crippen LogP contribution < -0.4 is 15.0 Å². The van der Waals surface area contributed by atoms with Gasteiger partial charge in [-0.25, -0.2) is 9.69 Å². The number of aryl methyl sites for hydroxylation is 1. The predicted octanol–water partition coefficient (Wildman–Crippen LogP) is 3.27. The number of anilines is 1. The number of amides is 4. The number of benzene rings is 2. The van der Waals surface area contributed by atoms with Gasteiger partial charge in [-0.15, -0.1) is 0 Å². The summed E-state index contributed by atoms with van der Waals surface area (Å²) in [6, 6.07) is 11.5. The van der Waals surface area contributed by atoms with Crippen LogP contribution in [0.4, 0.5) is 10.5 Å². The highest BCUT2D eigenvalue weighted by atomic mass is 127. The van der Waals surface area contributed by atoms with Crippen LogP contribution in [0, 0.1) is 10.5 Å². The summed E-state index contributed by atoms with van der Waals surface area (Å²) in [5.41, 5.74) is 1.91. The van der Waals surface area contributed by atoms with Crippen LogP contribution in [0.15, 0.2) is 48.0 Å². The van der Waals surface area contributed by atoms with Gasteiger partial charge in [0.05, 0.1) is 12.8 Å². The molecule has 0 atom stereocenters. The molecule has 0 saturated carbocycles. The number of barbiturate groups is 1. The van der Waals surface area contributed by atoms with Crippen molar-refractivity contribution in [1.29, 1.82) is 0 Å². The largest absolute Gasteiger partial charge is 0.497 e. The van der Waals surface area contributed by atoms with Gasteiger partial charge in [0.25, 0.3) is 11.8 Å². The predicted molar refractivity (Wildman–Crippen MR) is 106 cm³/mol. The van der Waals surface area contributed by atoms with Crippen molar-refractivity contribution in [3.63, 3.8) is 0 Å². The third-order valence-corrected chi connectivity index (χ3v) is 4.46. The average molecular weight is 462 g/mol. The van der Waals surface area contributed by atoms with Crippen LogP contribution in [0.5, 0.6) is 5.75 Å². The molecule has 3 rings (SSSR count). The van der Waals surface area contributed by atoms with E-state index in [4.69, 9.17) is 4.74 Å². The van der Waals surface area contributed by atoms with Crippen LogP contribution in [0.1, 0.15) is 11.1 Å². The summed E-state index contributed by atoms with van der Waals surface area (Å²) in [5, 5.41) is 2.21. The fourth-order valence-electron chi connectivity index (χ4n) is 2.54. The van der Waals surface area contributed by atoms with Gasteiger partial charge in [0.2, 0.25) is 0 Å². The molecule has 1 aliphatic heterocycles. The van der Waals surface area contributed by atoms with Crippen molar-refractivity contribution in [2.75, 3.05) is 12.0 Å². The van der Waals surface area contributed by atoms with Gasteiger partial charge in [-0.1, -0.05) is 17.7 Å². The van der Waals surface area contributed by atoms with E-state index in [0.29, 0.717) is 17.0 Å². The van der Waals surface area contributed by atoms with Gasteiger partial charge in [-0.05, 0) is 71.5 Å². The van der Waals surface area contributed by atoms with Crippen LogP contribution >= 0.6 is 22.6 Å². The number of nitrogens with one attached hydrogen (secondary N) is 1. The Balaban J connectivity index is 2.02. The lowest BCUT2D eigenvalue weighted by Crippen LogP contribution is -2.54. The van der Waals surface area contributed by atoms with E-state index in [-0.39, 0.29) is 5.57 Å². The maximum Gasteiger partial charge on any atom is 0.335 e. The van der Waals surface area contributed by atoms with E-state index in [1.807, 2.05) is 19.1 Å². The summed E-state index contributed by atoms with van der Waals surface area (Å²) in [6.07, 6.45) is 1.45. The van der Waals surface area contributed by atoms with E-state index in [0.717, 1.165) is 14.0 Å². The Labute approximate surface area is 164 Å². The highest BCUT2D eigenvalue weighted by molar-refractivity contribution is 14.1. The minimum atomic E-state index is -0.763. The molecule has 1 aliphatic rings. The number of urea groups is 1. The van der Waals surface area contributed by atoms with Gasteiger partial charge in [-0.2, -0.15) is 0 Å². The van der Waals surface area contributed by atoms with Crippen LogP contribution in [0.2, 0.25) is 0 Å². The Morgan fingerprint density at radius 2 is 1.77 bits per heavy atom. The molecular formula is C19H15IN2O4. The summed E-state index contributed by atoms with van der Waals surface area (Å²) in [7, 11) is 1.54. The summed E-state index contributed by atoms with van der Waals surface area (Å²) in [6.45, 7) is 1.90. The molecular weight excluding hydrogens is 447 g/mol. The molecule has 1 fully saturated rings. The van der Waals surface area contributed by atoms with Crippen LogP contribution in [-0.2, 0) is 9.59 Å². The normalized spacial score (nSPS) is 16.0. The number of ether oxygens (including phenoxy) is 1. The molecule has 6 nitrogen and oxygen atoms in total. The molecule has 132 valence electrons. The van der Waals surface area contributed by atoms with Crippen molar-refractivity contribution in [1.82, 2.24) is 5.32 Å². The van der Waals surface area contributed by atoms with Crippen molar-refractivity contribution < 1.29 is 19.1 Å². The van der Waals surface area contributed by atoms with E-state index in [1.54, 1.807) is 37.4 Å². The number of imide groups is 2. The van der Waals surface area contributed by atoms with E-state index in [2.05, 4.69) is 27.9 Å². The third-order valence-electron chi connectivity index (χ3n) is 3.83. The molecule has 0 radical (unpaired) electrons. The van der Waals surface area contributed by atoms with Crippen molar-refractivity contribution in [2.24, 2.45) is 0 Å². The SMILES string of the molecule is COc1cc(I)cc(/C=C2\C(=O)NC(=O)N(c3ccc(C)cc3)C2=O)c1. The molecule has 1 saturated heterocycles. The lowest BCUT2D eigenvalue weighted by atomic mass is 10.1. The first-order valence-corrected chi connectivity index (χ1v) is 8.79. The summed E-state index contributed by atoms with van der Waals surface area (Å²) >= 11 is 2.12. The van der Waals surface area contributed by atoms with E-state index >= 15 is 0 Å². The Morgan fingerprint density at radius 1 is 1.08 bits per heavy atom. The summed E-state index contributed by atoms with van der Waals surface area (Å²) in [4.78, 5) is 38.2. The first-order chi connectivity index (χ1) is 12.4. The Morgan fingerprint density at radius 3 is 2.42 bits per heavy atom. The lowest BCUT2D eigenvalue weighted by molar-refractivity contribution is -0.122. The van der Waals surface area contributed by atoms with Crippen LogP contribution in [-0.4, -0.2) is 25.0 Å². The van der Waals surface area contributed by atoms with Gasteiger partial charge < -0.3 is 4.74 Å². The highest BCUT2D eigenvalue weighted by Crippen LogP contribution is 2.24. The maximum absolute atomic E-state index is 12.8. The molecule has 0 unspecified atom stereocenters. The monoisotopic (exact) mass is 462 g/mol. The maximum atomic E-state index is 12.8. The van der Waals surface area contributed by atoms with Crippen molar-refractivity contribution >= 4 is 52.2 Å². The molecule has 0 spiro atoms. The average Bonchev–Trinajstić information content (AvgIpc) is 2.59.